The first-order valence-electron chi connectivity index (χ1n) is 8.74. The molecule has 0 aliphatic carbocycles. The highest BCUT2D eigenvalue weighted by Crippen LogP contribution is 2.35. The van der Waals surface area contributed by atoms with E-state index in [4.69, 9.17) is 5.73 Å². The summed E-state index contributed by atoms with van der Waals surface area (Å²) in [5, 5.41) is 14.7. The number of aromatic nitrogens is 2. The Balaban J connectivity index is 2.00. The molecule has 0 bridgehead atoms. The van der Waals surface area contributed by atoms with Crippen LogP contribution in [0.25, 0.3) is 0 Å². The Morgan fingerprint density at radius 1 is 1.27 bits per heavy atom. The van der Waals surface area contributed by atoms with Crippen LogP contribution in [0.1, 0.15) is 25.8 Å². The molecule has 8 nitrogen and oxygen atoms in total. The Kier molecular flexibility index (Phi) is 4.92. The minimum absolute atomic E-state index is 0.124. The number of hydrogen-bond donors (Lipinski definition) is 2. The molecule has 138 valence electrons. The van der Waals surface area contributed by atoms with Gasteiger partial charge in [0.2, 0.25) is 17.6 Å². The molecule has 1 aromatic heterocycles. The molecular weight excluding hydrogens is 332 g/mol. The molecule has 2 atom stereocenters. The number of anilines is 4. The lowest BCUT2D eigenvalue weighted by Crippen LogP contribution is -2.39. The molecule has 1 aliphatic heterocycles. The average molecular weight is 356 g/mol. The van der Waals surface area contributed by atoms with E-state index < -0.39 is 4.92 Å². The van der Waals surface area contributed by atoms with Crippen molar-refractivity contribution >= 4 is 29.0 Å². The van der Waals surface area contributed by atoms with Crippen molar-refractivity contribution in [2.45, 2.75) is 27.2 Å². The van der Waals surface area contributed by atoms with E-state index >= 15 is 0 Å². The van der Waals surface area contributed by atoms with Crippen LogP contribution in [0.2, 0.25) is 0 Å². The maximum atomic E-state index is 11.6. The molecular formula is C18H24N6O2. The second kappa shape index (κ2) is 7.15. The van der Waals surface area contributed by atoms with Crippen LogP contribution in [0, 0.1) is 28.9 Å². The van der Waals surface area contributed by atoms with Crippen molar-refractivity contribution in [3.63, 3.8) is 0 Å². The van der Waals surface area contributed by atoms with Crippen molar-refractivity contribution in [2.24, 2.45) is 11.8 Å². The van der Waals surface area contributed by atoms with Gasteiger partial charge in [-0.25, -0.2) is 0 Å². The van der Waals surface area contributed by atoms with Gasteiger partial charge in [-0.1, -0.05) is 26.0 Å². The summed E-state index contributed by atoms with van der Waals surface area (Å²) in [4.78, 5) is 21.6. The van der Waals surface area contributed by atoms with E-state index in [-0.39, 0.29) is 23.3 Å². The average Bonchev–Trinajstić information content (AvgIpc) is 2.53. The Hall–Kier alpha value is -2.90. The van der Waals surface area contributed by atoms with Gasteiger partial charge < -0.3 is 16.0 Å². The Bertz CT molecular complexity index is 815. The lowest BCUT2D eigenvalue weighted by Gasteiger charge is -2.35. The molecule has 3 rings (SSSR count). The number of nitrogens with zero attached hydrogens (tertiary/aromatic N) is 4. The summed E-state index contributed by atoms with van der Waals surface area (Å²) in [5.41, 5.74) is 7.60. The third kappa shape index (κ3) is 3.84. The van der Waals surface area contributed by atoms with Gasteiger partial charge in [0, 0.05) is 18.8 Å². The zero-order chi connectivity index (χ0) is 18.8. The standard InChI is InChI=1S/C18H24N6O2/c1-11-5-4-6-14(8-11)20-18-21-16(19)15(24(25)26)17(22-18)23-9-12(2)7-13(3)10-23/h4-6,8,12-13H,7,9-10H2,1-3H3,(H3,19,20,21,22). The summed E-state index contributed by atoms with van der Waals surface area (Å²) in [6.45, 7) is 7.70. The normalized spacial score (nSPS) is 20.0. The number of nitrogens with two attached hydrogens (primary N) is 1. The first-order valence-corrected chi connectivity index (χ1v) is 8.74. The Morgan fingerprint density at radius 2 is 1.96 bits per heavy atom. The molecule has 1 saturated heterocycles. The van der Waals surface area contributed by atoms with Gasteiger partial charge in [-0.15, -0.1) is 0 Å². The smallest absolute Gasteiger partial charge is 0.353 e. The third-order valence-corrected chi connectivity index (χ3v) is 4.52. The minimum Gasteiger partial charge on any atom is -0.378 e. The van der Waals surface area contributed by atoms with Crippen molar-refractivity contribution in [3.05, 3.63) is 39.9 Å². The van der Waals surface area contributed by atoms with Crippen LogP contribution < -0.4 is 16.0 Å². The van der Waals surface area contributed by atoms with Gasteiger partial charge in [-0.2, -0.15) is 9.97 Å². The van der Waals surface area contributed by atoms with E-state index in [1.807, 2.05) is 36.1 Å². The van der Waals surface area contributed by atoms with E-state index in [9.17, 15) is 10.1 Å². The van der Waals surface area contributed by atoms with Crippen LogP contribution in [0.4, 0.5) is 29.0 Å². The molecule has 2 heterocycles. The number of aryl methyl sites for hydroxylation is 1. The molecule has 1 fully saturated rings. The van der Waals surface area contributed by atoms with Crippen molar-refractivity contribution in [1.29, 1.82) is 0 Å². The SMILES string of the molecule is Cc1cccc(Nc2nc(N)c([N+](=O)[O-])c(N3CC(C)CC(C)C3)n2)c1. The fourth-order valence-electron chi connectivity index (χ4n) is 3.60. The summed E-state index contributed by atoms with van der Waals surface area (Å²) < 4.78 is 0. The molecule has 0 spiro atoms. The molecule has 2 unspecified atom stereocenters. The number of rotatable bonds is 4. The fourth-order valence-corrected chi connectivity index (χ4v) is 3.60. The molecule has 0 saturated carbocycles. The zero-order valence-corrected chi connectivity index (χ0v) is 15.3. The quantitative estimate of drug-likeness (QED) is 0.637. The van der Waals surface area contributed by atoms with Crippen LogP contribution in [0.3, 0.4) is 0 Å². The van der Waals surface area contributed by atoms with Crippen molar-refractivity contribution in [2.75, 3.05) is 29.0 Å². The van der Waals surface area contributed by atoms with Crippen LogP contribution in [0.15, 0.2) is 24.3 Å². The lowest BCUT2D eigenvalue weighted by atomic mass is 9.92. The summed E-state index contributed by atoms with van der Waals surface area (Å²) in [6.07, 6.45) is 1.10. The van der Waals surface area contributed by atoms with Gasteiger partial charge in [0.1, 0.15) is 0 Å². The monoisotopic (exact) mass is 356 g/mol. The van der Waals surface area contributed by atoms with Crippen LogP contribution in [-0.2, 0) is 0 Å². The highest BCUT2D eigenvalue weighted by molar-refractivity contribution is 5.72. The van der Waals surface area contributed by atoms with Gasteiger partial charge in [0.25, 0.3) is 0 Å². The number of piperidine rings is 1. The number of hydrogen-bond acceptors (Lipinski definition) is 7. The van der Waals surface area contributed by atoms with E-state index in [1.54, 1.807) is 0 Å². The highest BCUT2D eigenvalue weighted by atomic mass is 16.6. The second-order valence-electron chi connectivity index (χ2n) is 7.21. The first-order chi connectivity index (χ1) is 12.3. The Labute approximate surface area is 152 Å². The van der Waals surface area contributed by atoms with Gasteiger partial charge in [0.05, 0.1) is 4.92 Å². The summed E-state index contributed by atoms with van der Waals surface area (Å²) in [7, 11) is 0. The van der Waals surface area contributed by atoms with Gasteiger partial charge in [-0.3, -0.25) is 10.1 Å². The fraction of sp³-hybridized carbons (Fsp3) is 0.444. The minimum atomic E-state index is -0.495. The predicted molar refractivity (Wildman–Crippen MR) is 103 cm³/mol. The molecule has 8 heteroatoms. The number of nitrogens with one attached hydrogen (secondary N) is 1. The Morgan fingerprint density at radius 3 is 2.58 bits per heavy atom. The highest BCUT2D eigenvalue weighted by Gasteiger charge is 2.31. The maximum absolute atomic E-state index is 11.6. The third-order valence-electron chi connectivity index (χ3n) is 4.52. The molecule has 1 aliphatic rings. The van der Waals surface area contributed by atoms with Gasteiger partial charge in [-0.05, 0) is 42.9 Å². The molecule has 1 aromatic carbocycles. The summed E-state index contributed by atoms with van der Waals surface area (Å²) in [6, 6.07) is 7.74. The van der Waals surface area contributed by atoms with Crippen LogP contribution >= 0.6 is 0 Å². The predicted octanol–water partition coefficient (Wildman–Crippen LogP) is 3.50. The van der Waals surface area contributed by atoms with E-state index in [0.717, 1.165) is 17.7 Å². The van der Waals surface area contributed by atoms with Crippen LogP contribution in [0.5, 0.6) is 0 Å². The van der Waals surface area contributed by atoms with E-state index in [0.29, 0.717) is 24.9 Å². The molecule has 3 N–H and O–H groups in total. The molecule has 0 amide bonds. The van der Waals surface area contributed by atoms with Crippen molar-refractivity contribution in [1.82, 2.24) is 9.97 Å². The molecule has 0 radical (unpaired) electrons. The van der Waals surface area contributed by atoms with Gasteiger partial charge >= 0.3 is 5.69 Å². The zero-order valence-electron chi connectivity index (χ0n) is 15.3. The molecule has 2 aromatic rings. The maximum Gasteiger partial charge on any atom is 0.353 e. The van der Waals surface area contributed by atoms with Crippen molar-refractivity contribution in [3.8, 4) is 0 Å². The lowest BCUT2D eigenvalue weighted by molar-refractivity contribution is -0.383. The number of nitrogen functional groups attached to an aromatic ring is 1. The molecule has 26 heavy (non-hydrogen) atoms. The van der Waals surface area contributed by atoms with Gasteiger partial charge in [0.15, 0.2) is 0 Å². The van der Waals surface area contributed by atoms with Crippen molar-refractivity contribution < 1.29 is 4.92 Å². The second-order valence-corrected chi connectivity index (χ2v) is 7.21. The topological polar surface area (TPSA) is 110 Å². The van der Waals surface area contributed by atoms with E-state index in [2.05, 4.69) is 29.1 Å². The summed E-state index contributed by atoms with van der Waals surface area (Å²) in [5.74, 6) is 1.29. The summed E-state index contributed by atoms with van der Waals surface area (Å²) >= 11 is 0. The largest absolute Gasteiger partial charge is 0.378 e. The number of nitro groups is 1. The number of benzene rings is 1. The van der Waals surface area contributed by atoms with E-state index in [1.165, 1.54) is 0 Å². The first kappa shape index (κ1) is 17.9. The van der Waals surface area contributed by atoms with Crippen LogP contribution in [-0.4, -0.2) is 28.0 Å².